The van der Waals surface area contributed by atoms with Gasteiger partial charge in [-0.05, 0) is 62.1 Å². The van der Waals surface area contributed by atoms with Gasteiger partial charge < -0.3 is 14.6 Å². The summed E-state index contributed by atoms with van der Waals surface area (Å²) < 4.78 is 8.19. The van der Waals surface area contributed by atoms with Crippen LogP contribution in [-0.4, -0.2) is 28.6 Å². The quantitative estimate of drug-likeness (QED) is 0.342. The van der Waals surface area contributed by atoms with Crippen molar-refractivity contribution in [3.05, 3.63) is 59.4 Å². The molecule has 33 heavy (non-hydrogen) atoms. The van der Waals surface area contributed by atoms with Crippen molar-refractivity contribution in [1.82, 2.24) is 14.9 Å². The average Bonchev–Trinajstić information content (AvgIpc) is 3.20. The molecule has 0 spiro atoms. The van der Waals surface area contributed by atoms with E-state index in [2.05, 4.69) is 28.1 Å². The molecule has 2 aromatic carbocycles. The number of unbranched alkanes of at least 4 members (excludes halogenated alkanes) is 2. The van der Waals surface area contributed by atoms with Crippen LogP contribution in [0.25, 0.3) is 11.0 Å². The van der Waals surface area contributed by atoms with Crippen LogP contribution in [0, 0.1) is 5.92 Å². The number of carbonyl (C=O) groups excluding carboxylic acids is 1. The van der Waals surface area contributed by atoms with Crippen molar-refractivity contribution in [1.29, 1.82) is 0 Å². The molecule has 0 bridgehead atoms. The number of rotatable bonds is 11. The molecule has 1 saturated carbocycles. The van der Waals surface area contributed by atoms with Crippen LogP contribution < -0.4 is 10.1 Å². The molecule has 5 nitrogen and oxygen atoms in total. The van der Waals surface area contributed by atoms with Crippen LogP contribution in [0.4, 0.5) is 0 Å². The van der Waals surface area contributed by atoms with E-state index in [1.807, 2.05) is 30.3 Å². The lowest BCUT2D eigenvalue weighted by atomic mass is 9.89. The molecular formula is C27H34ClN3O2. The highest BCUT2D eigenvalue weighted by molar-refractivity contribution is 6.30. The Labute approximate surface area is 201 Å². The lowest BCUT2D eigenvalue weighted by Crippen LogP contribution is -2.32. The van der Waals surface area contributed by atoms with Gasteiger partial charge >= 0.3 is 0 Å². The summed E-state index contributed by atoms with van der Waals surface area (Å²) >= 11 is 5.96. The van der Waals surface area contributed by atoms with Gasteiger partial charge in [0.05, 0.1) is 17.6 Å². The van der Waals surface area contributed by atoms with Crippen LogP contribution in [0.1, 0.15) is 57.2 Å². The Balaban J connectivity index is 1.24. The summed E-state index contributed by atoms with van der Waals surface area (Å²) in [6.45, 7) is 2.10. The average molecular weight is 468 g/mol. The van der Waals surface area contributed by atoms with Gasteiger partial charge in [-0.2, -0.15) is 0 Å². The largest absolute Gasteiger partial charge is 0.492 e. The van der Waals surface area contributed by atoms with Crippen LogP contribution in [0.3, 0.4) is 0 Å². The zero-order valence-electron chi connectivity index (χ0n) is 19.3. The van der Waals surface area contributed by atoms with Crippen LogP contribution in [0.2, 0.25) is 5.02 Å². The number of ether oxygens (including phenoxy) is 1. The summed E-state index contributed by atoms with van der Waals surface area (Å²) in [7, 11) is 0. The fraction of sp³-hybridized carbons (Fsp3) is 0.481. The van der Waals surface area contributed by atoms with Crippen molar-refractivity contribution in [2.24, 2.45) is 5.92 Å². The third kappa shape index (κ3) is 6.73. The van der Waals surface area contributed by atoms with Crippen molar-refractivity contribution in [2.75, 3.05) is 13.2 Å². The Morgan fingerprint density at radius 3 is 2.64 bits per heavy atom. The maximum absolute atomic E-state index is 12.3. The molecule has 1 aromatic heterocycles. The molecule has 4 rings (SSSR count). The number of benzene rings is 2. The van der Waals surface area contributed by atoms with E-state index in [4.69, 9.17) is 21.3 Å². The first-order valence-corrected chi connectivity index (χ1v) is 12.7. The molecule has 1 amide bonds. The summed E-state index contributed by atoms with van der Waals surface area (Å²) in [6.07, 6.45) is 9.86. The molecule has 1 aliphatic rings. The minimum absolute atomic E-state index is 0.244. The smallest absolute Gasteiger partial charge is 0.223 e. The van der Waals surface area contributed by atoms with E-state index in [1.165, 1.54) is 19.3 Å². The Morgan fingerprint density at radius 2 is 1.82 bits per heavy atom. The number of hydrogen-bond acceptors (Lipinski definition) is 3. The van der Waals surface area contributed by atoms with Gasteiger partial charge in [0.25, 0.3) is 0 Å². The first-order chi connectivity index (χ1) is 16.2. The minimum Gasteiger partial charge on any atom is -0.492 e. The van der Waals surface area contributed by atoms with Crippen molar-refractivity contribution in [3.8, 4) is 5.75 Å². The van der Waals surface area contributed by atoms with Crippen molar-refractivity contribution < 1.29 is 9.53 Å². The molecule has 1 aliphatic carbocycles. The van der Waals surface area contributed by atoms with E-state index in [1.54, 1.807) is 0 Å². The normalized spacial score (nSPS) is 14.5. The third-order valence-corrected chi connectivity index (χ3v) is 6.74. The SMILES string of the molecule is O=C(NCCCCCc1nc2ccccc2n1CCOc1ccc(Cl)cc1)C1CCCCC1. The minimum atomic E-state index is 0.244. The van der Waals surface area contributed by atoms with Gasteiger partial charge in [-0.25, -0.2) is 4.98 Å². The van der Waals surface area contributed by atoms with Gasteiger partial charge in [0.1, 0.15) is 18.2 Å². The molecule has 6 heteroatoms. The molecule has 0 radical (unpaired) electrons. The maximum atomic E-state index is 12.3. The number of carbonyl (C=O) groups is 1. The predicted octanol–water partition coefficient (Wildman–Crippen LogP) is 6.18. The molecule has 0 saturated heterocycles. The molecule has 0 atom stereocenters. The summed E-state index contributed by atoms with van der Waals surface area (Å²) in [5.41, 5.74) is 2.17. The Kier molecular flexibility index (Phi) is 8.65. The van der Waals surface area contributed by atoms with Crippen LogP contribution in [0.15, 0.2) is 48.5 Å². The number of fused-ring (bicyclic) bond motifs is 1. The van der Waals surface area contributed by atoms with E-state index < -0.39 is 0 Å². The molecule has 0 unspecified atom stereocenters. The van der Waals surface area contributed by atoms with Crippen molar-refractivity contribution in [3.63, 3.8) is 0 Å². The Hall–Kier alpha value is -2.53. The lowest BCUT2D eigenvalue weighted by Gasteiger charge is -2.20. The van der Waals surface area contributed by atoms with Gasteiger partial charge in [0, 0.05) is 23.9 Å². The Morgan fingerprint density at radius 1 is 1.03 bits per heavy atom. The molecule has 3 aromatic rings. The second-order valence-electron chi connectivity index (χ2n) is 8.91. The van der Waals surface area contributed by atoms with Gasteiger partial charge in [-0.3, -0.25) is 4.79 Å². The highest BCUT2D eigenvalue weighted by atomic mass is 35.5. The number of imidazole rings is 1. The van der Waals surface area contributed by atoms with Gasteiger partial charge in [0.2, 0.25) is 5.91 Å². The number of hydrogen-bond donors (Lipinski definition) is 1. The van der Waals surface area contributed by atoms with E-state index in [0.717, 1.165) is 74.2 Å². The topological polar surface area (TPSA) is 56.2 Å². The molecule has 0 aliphatic heterocycles. The summed E-state index contributed by atoms with van der Waals surface area (Å²) in [5.74, 6) is 2.42. The zero-order chi connectivity index (χ0) is 22.9. The summed E-state index contributed by atoms with van der Waals surface area (Å²) in [4.78, 5) is 17.2. The highest BCUT2D eigenvalue weighted by Crippen LogP contribution is 2.23. The summed E-state index contributed by atoms with van der Waals surface area (Å²) in [5, 5.41) is 3.85. The fourth-order valence-corrected chi connectivity index (χ4v) is 4.78. The standard InChI is InChI=1S/C27H34ClN3O2/c28-22-14-16-23(17-15-22)33-20-19-31-25-12-7-6-11-24(25)30-26(31)13-5-2-8-18-29-27(32)21-9-3-1-4-10-21/h6-7,11-12,14-17,21H,1-5,8-10,13,18-20H2,(H,29,32). The number of para-hydroxylation sites is 2. The number of halogens is 1. The second kappa shape index (κ2) is 12.1. The van der Waals surface area contributed by atoms with Crippen LogP contribution in [-0.2, 0) is 17.8 Å². The fourth-order valence-electron chi connectivity index (χ4n) is 4.66. The number of aromatic nitrogens is 2. The number of nitrogens with zero attached hydrogens (tertiary/aromatic N) is 2. The van der Waals surface area contributed by atoms with Crippen molar-refractivity contribution in [2.45, 2.75) is 64.3 Å². The maximum Gasteiger partial charge on any atom is 0.223 e. The molecular weight excluding hydrogens is 434 g/mol. The molecule has 176 valence electrons. The van der Waals surface area contributed by atoms with E-state index in [9.17, 15) is 4.79 Å². The van der Waals surface area contributed by atoms with Crippen molar-refractivity contribution >= 4 is 28.5 Å². The monoisotopic (exact) mass is 467 g/mol. The first kappa shape index (κ1) is 23.6. The first-order valence-electron chi connectivity index (χ1n) is 12.3. The number of amides is 1. The summed E-state index contributed by atoms with van der Waals surface area (Å²) in [6, 6.07) is 15.7. The molecule has 1 N–H and O–H groups in total. The van der Waals surface area contributed by atoms with Gasteiger partial charge in [-0.15, -0.1) is 0 Å². The van der Waals surface area contributed by atoms with Gasteiger partial charge in [-0.1, -0.05) is 49.4 Å². The van der Waals surface area contributed by atoms with Crippen LogP contribution in [0.5, 0.6) is 5.75 Å². The van der Waals surface area contributed by atoms with E-state index in [-0.39, 0.29) is 11.8 Å². The van der Waals surface area contributed by atoms with Gasteiger partial charge in [0.15, 0.2) is 0 Å². The van der Waals surface area contributed by atoms with E-state index >= 15 is 0 Å². The second-order valence-corrected chi connectivity index (χ2v) is 9.34. The predicted molar refractivity (Wildman–Crippen MR) is 134 cm³/mol. The Bertz CT molecular complexity index is 1030. The third-order valence-electron chi connectivity index (χ3n) is 6.48. The number of aryl methyl sites for hydroxylation is 1. The molecule has 1 fully saturated rings. The number of nitrogens with one attached hydrogen (secondary N) is 1. The van der Waals surface area contributed by atoms with E-state index in [0.29, 0.717) is 11.6 Å². The highest BCUT2D eigenvalue weighted by Gasteiger charge is 2.20. The zero-order valence-corrected chi connectivity index (χ0v) is 20.0. The lowest BCUT2D eigenvalue weighted by molar-refractivity contribution is -0.125. The van der Waals surface area contributed by atoms with Crippen LogP contribution >= 0.6 is 11.6 Å². The molecule has 1 heterocycles.